The van der Waals surface area contributed by atoms with Crippen molar-refractivity contribution in [2.75, 3.05) is 10.6 Å². The number of nitrogens with zero attached hydrogens (tertiary/aromatic N) is 1. The van der Waals surface area contributed by atoms with E-state index in [-0.39, 0.29) is 26.2 Å². The van der Waals surface area contributed by atoms with Crippen molar-refractivity contribution in [1.82, 2.24) is 0 Å². The van der Waals surface area contributed by atoms with E-state index in [0.717, 1.165) is 12.1 Å². The van der Waals surface area contributed by atoms with E-state index >= 15 is 0 Å². The molecule has 0 spiro atoms. The summed E-state index contributed by atoms with van der Waals surface area (Å²) in [6, 6.07) is 13.2. The van der Waals surface area contributed by atoms with Crippen LogP contribution in [0, 0.1) is 0 Å². The predicted molar refractivity (Wildman–Crippen MR) is 112 cm³/mol. The Labute approximate surface area is 176 Å². The van der Waals surface area contributed by atoms with Gasteiger partial charge in [0.1, 0.15) is 6.29 Å². The molecule has 152 valence electrons. The zero-order chi connectivity index (χ0) is 21.4. The molecule has 0 saturated heterocycles. The van der Waals surface area contributed by atoms with Gasteiger partial charge in [-0.25, -0.2) is 8.42 Å². The van der Waals surface area contributed by atoms with Crippen LogP contribution in [0.25, 0.3) is 10.8 Å². The molecule has 0 saturated carbocycles. The highest BCUT2D eigenvalue weighted by Gasteiger charge is 2.33. The zero-order valence-corrected chi connectivity index (χ0v) is 17.8. The molecule has 3 aromatic rings. The summed E-state index contributed by atoms with van der Waals surface area (Å²) in [4.78, 5) is 30.5. The van der Waals surface area contributed by atoms with Crippen LogP contribution < -0.4 is 4.31 Å². The van der Waals surface area contributed by atoms with E-state index in [9.17, 15) is 27.6 Å². The van der Waals surface area contributed by atoms with E-state index in [1.54, 1.807) is 30.3 Å². The van der Waals surface area contributed by atoms with E-state index in [4.69, 9.17) is 23.2 Å². The summed E-state index contributed by atoms with van der Waals surface area (Å²) in [5.74, 6) is 0. The quantitative estimate of drug-likeness (QED) is 0.407. The van der Waals surface area contributed by atoms with Crippen molar-refractivity contribution < 1.29 is 27.6 Å². The molecule has 11 heteroatoms. The van der Waals surface area contributed by atoms with Crippen molar-refractivity contribution >= 4 is 63.6 Å². The summed E-state index contributed by atoms with van der Waals surface area (Å²) in [6.07, 6.45) is -0.719. The molecule has 0 aliphatic carbocycles. The lowest BCUT2D eigenvalue weighted by Gasteiger charge is -2.26. The molecular weight excluding hydrogens is 460 g/mol. The van der Waals surface area contributed by atoms with Crippen molar-refractivity contribution in [3.05, 3.63) is 70.2 Å². The molecule has 29 heavy (non-hydrogen) atoms. The van der Waals surface area contributed by atoms with Gasteiger partial charge in [0.05, 0.1) is 10.6 Å². The molecule has 0 aliphatic rings. The van der Waals surface area contributed by atoms with Crippen LogP contribution in [0.2, 0.25) is 10.0 Å². The summed E-state index contributed by atoms with van der Waals surface area (Å²) in [6.45, 7) is 0. The predicted octanol–water partition coefficient (Wildman–Crippen LogP) is 4.29. The van der Waals surface area contributed by atoms with Crippen LogP contribution in [0.5, 0.6) is 0 Å². The third-order valence-electron chi connectivity index (χ3n) is 4.07. The van der Waals surface area contributed by atoms with Crippen LogP contribution in [0.15, 0.2) is 59.5 Å². The van der Waals surface area contributed by atoms with Gasteiger partial charge in [-0.05, 0) is 35.0 Å². The van der Waals surface area contributed by atoms with Crippen molar-refractivity contribution in [3.8, 4) is 0 Å². The highest BCUT2D eigenvalue weighted by molar-refractivity contribution is 7.93. The zero-order valence-electron chi connectivity index (χ0n) is 14.6. The first-order valence-corrected chi connectivity index (χ1v) is 12.0. The van der Waals surface area contributed by atoms with Gasteiger partial charge in [0, 0.05) is 15.6 Å². The number of anilines is 1. The maximum Gasteiger partial charge on any atom is 0.345 e. The largest absolute Gasteiger partial charge is 0.345 e. The first-order valence-electron chi connectivity index (χ1n) is 8.03. The van der Waals surface area contributed by atoms with Crippen LogP contribution in [-0.2, 0) is 14.6 Å². The molecular formula is C18H14Cl2NO6PS. The van der Waals surface area contributed by atoms with Crippen molar-refractivity contribution in [2.24, 2.45) is 0 Å². The van der Waals surface area contributed by atoms with Gasteiger partial charge in [-0.2, -0.15) is 0 Å². The summed E-state index contributed by atoms with van der Waals surface area (Å²) >= 11 is 11.8. The summed E-state index contributed by atoms with van der Waals surface area (Å²) < 4.78 is 38.8. The van der Waals surface area contributed by atoms with Gasteiger partial charge in [-0.1, -0.05) is 53.5 Å². The number of carbonyl (C=O) groups excluding carboxylic acids is 1. The lowest BCUT2D eigenvalue weighted by atomic mass is 10.0. The molecule has 7 nitrogen and oxygen atoms in total. The molecule has 3 aromatic carbocycles. The second-order valence-corrected chi connectivity index (χ2v) is 10.4. The highest BCUT2D eigenvalue weighted by atomic mass is 35.5. The minimum Gasteiger partial charge on any atom is -0.323 e. The van der Waals surface area contributed by atoms with E-state index in [1.807, 2.05) is 0 Å². The number of carbonyl (C=O) groups is 1. The van der Waals surface area contributed by atoms with Crippen LogP contribution in [0.1, 0.15) is 10.4 Å². The number of rotatable bonds is 6. The van der Waals surface area contributed by atoms with Crippen molar-refractivity contribution in [3.63, 3.8) is 0 Å². The molecule has 0 amide bonds. The standard InChI is InChI=1S/C18H14Cl2NO6PS/c19-13-7-14(20)9-15(8-13)29(26,27)21(11-28(23,24)25)18-6-5-12-3-1-2-4-16(12)17(18)10-22/h1-10H,11H2,(H2,23,24,25). The third-order valence-corrected chi connectivity index (χ3v) is 7.09. The SMILES string of the molecule is O=Cc1c(N(CP(=O)(O)O)S(=O)(=O)c2cc(Cl)cc(Cl)c2)ccc2ccccc12. The molecule has 0 heterocycles. The normalized spacial score (nSPS) is 12.1. The molecule has 0 aromatic heterocycles. The Morgan fingerprint density at radius 1 is 1.00 bits per heavy atom. The smallest absolute Gasteiger partial charge is 0.323 e. The Hall–Kier alpha value is -1.93. The Kier molecular flexibility index (Phi) is 6.06. The Bertz CT molecular complexity index is 1240. The monoisotopic (exact) mass is 473 g/mol. The minimum atomic E-state index is -4.85. The van der Waals surface area contributed by atoms with E-state index in [0.29, 0.717) is 21.4 Å². The van der Waals surface area contributed by atoms with Gasteiger partial charge < -0.3 is 9.79 Å². The minimum absolute atomic E-state index is 0.0201. The molecule has 0 bridgehead atoms. The van der Waals surface area contributed by atoms with Gasteiger partial charge in [0.25, 0.3) is 10.0 Å². The topological polar surface area (TPSA) is 112 Å². The Morgan fingerprint density at radius 3 is 2.21 bits per heavy atom. The first-order chi connectivity index (χ1) is 13.5. The van der Waals surface area contributed by atoms with Gasteiger partial charge in [-0.15, -0.1) is 0 Å². The van der Waals surface area contributed by atoms with Gasteiger partial charge in [0.2, 0.25) is 0 Å². The average Bonchev–Trinajstić information content (AvgIpc) is 2.63. The molecule has 0 fully saturated rings. The average molecular weight is 474 g/mol. The van der Waals surface area contributed by atoms with Gasteiger partial charge in [-0.3, -0.25) is 13.7 Å². The maximum atomic E-state index is 13.3. The molecule has 0 radical (unpaired) electrons. The molecule has 2 N–H and O–H groups in total. The lowest BCUT2D eigenvalue weighted by molar-refractivity contribution is 0.112. The van der Waals surface area contributed by atoms with E-state index in [1.165, 1.54) is 12.1 Å². The fourth-order valence-corrected chi connectivity index (χ4v) is 6.31. The fourth-order valence-electron chi connectivity index (χ4n) is 2.88. The summed E-state index contributed by atoms with van der Waals surface area (Å²) in [7, 11) is -9.37. The van der Waals surface area contributed by atoms with Crippen LogP contribution >= 0.6 is 30.8 Å². The Morgan fingerprint density at radius 2 is 1.62 bits per heavy atom. The van der Waals surface area contributed by atoms with Crippen LogP contribution in [0.3, 0.4) is 0 Å². The van der Waals surface area contributed by atoms with E-state index < -0.39 is 23.9 Å². The molecule has 0 aliphatic heterocycles. The first kappa shape index (κ1) is 21.8. The number of aldehydes is 1. The second kappa shape index (κ2) is 8.07. The highest BCUT2D eigenvalue weighted by Crippen LogP contribution is 2.41. The Balaban J connectivity index is 2.30. The van der Waals surface area contributed by atoms with Crippen molar-refractivity contribution in [1.29, 1.82) is 0 Å². The van der Waals surface area contributed by atoms with Crippen molar-refractivity contribution in [2.45, 2.75) is 4.90 Å². The number of fused-ring (bicyclic) bond motifs is 1. The number of halogens is 2. The fraction of sp³-hybridized carbons (Fsp3) is 0.0556. The number of hydrogen-bond acceptors (Lipinski definition) is 4. The number of benzene rings is 3. The number of hydrogen-bond donors (Lipinski definition) is 2. The summed E-state index contributed by atoms with van der Waals surface area (Å²) in [5, 5.41) is 1.16. The third kappa shape index (κ3) is 4.64. The van der Waals surface area contributed by atoms with Crippen LogP contribution in [-0.4, -0.2) is 30.8 Å². The van der Waals surface area contributed by atoms with E-state index in [2.05, 4.69) is 0 Å². The molecule has 3 rings (SSSR count). The summed E-state index contributed by atoms with van der Waals surface area (Å²) in [5.41, 5.74) is -0.189. The number of sulfonamides is 1. The lowest BCUT2D eigenvalue weighted by Crippen LogP contribution is -2.33. The second-order valence-electron chi connectivity index (χ2n) is 6.10. The molecule has 0 atom stereocenters. The molecule has 0 unspecified atom stereocenters. The maximum absolute atomic E-state index is 13.3. The van der Waals surface area contributed by atoms with Gasteiger partial charge in [0.15, 0.2) is 6.29 Å². The van der Waals surface area contributed by atoms with Gasteiger partial charge >= 0.3 is 7.60 Å². The van der Waals surface area contributed by atoms with Crippen LogP contribution in [0.4, 0.5) is 5.69 Å².